The Morgan fingerprint density at radius 3 is 2.30 bits per heavy atom. The van der Waals surface area contributed by atoms with Crippen LogP contribution in [0, 0.1) is 0 Å². The van der Waals surface area contributed by atoms with Gasteiger partial charge in [-0.1, -0.05) is 0 Å². The molecule has 0 aromatic rings. The predicted octanol–water partition coefficient (Wildman–Crippen LogP) is 1.72. The Morgan fingerprint density at radius 2 is 1.70 bits per heavy atom. The third kappa shape index (κ3) is 3.32. The van der Waals surface area contributed by atoms with E-state index in [0.29, 0.717) is 32.1 Å². The number of carbonyl (C=O) groups excluding carboxylic acids is 2. The molecule has 0 aromatic carbocycles. The Balaban J connectivity index is 1.98. The van der Waals surface area contributed by atoms with Crippen molar-refractivity contribution in [2.24, 2.45) is 0 Å². The molecule has 2 heterocycles. The molecule has 0 spiro atoms. The van der Waals surface area contributed by atoms with Gasteiger partial charge in [-0.2, -0.15) is 13.2 Å². The van der Waals surface area contributed by atoms with Gasteiger partial charge in [0.25, 0.3) is 5.78 Å². The van der Waals surface area contributed by atoms with E-state index in [4.69, 9.17) is 0 Å². The SMILES string of the molecule is O=C([C@@H]1CCCN1/C=C/C(=O)C(F)(F)F)N1CCCC1. The predicted molar refractivity (Wildman–Crippen MR) is 65.7 cm³/mol. The number of ketones is 1. The quantitative estimate of drug-likeness (QED) is 0.743. The summed E-state index contributed by atoms with van der Waals surface area (Å²) in [5.74, 6) is -1.93. The summed E-state index contributed by atoms with van der Waals surface area (Å²) < 4.78 is 36.4. The van der Waals surface area contributed by atoms with Gasteiger partial charge in [-0.3, -0.25) is 9.59 Å². The molecule has 0 aromatic heterocycles. The average molecular weight is 290 g/mol. The van der Waals surface area contributed by atoms with E-state index >= 15 is 0 Å². The van der Waals surface area contributed by atoms with Crippen LogP contribution < -0.4 is 0 Å². The molecule has 0 aliphatic carbocycles. The van der Waals surface area contributed by atoms with Crippen LogP contribution in [0.2, 0.25) is 0 Å². The number of halogens is 3. The molecule has 2 rings (SSSR count). The van der Waals surface area contributed by atoms with Crippen molar-refractivity contribution in [1.29, 1.82) is 0 Å². The molecule has 7 heteroatoms. The molecule has 2 fully saturated rings. The van der Waals surface area contributed by atoms with E-state index < -0.39 is 18.0 Å². The maximum absolute atomic E-state index is 12.2. The van der Waals surface area contributed by atoms with Crippen LogP contribution in [0.5, 0.6) is 0 Å². The molecule has 112 valence electrons. The normalized spacial score (nSPS) is 23.9. The van der Waals surface area contributed by atoms with Crippen molar-refractivity contribution < 1.29 is 22.8 Å². The van der Waals surface area contributed by atoms with Gasteiger partial charge in [0.1, 0.15) is 6.04 Å². The fourth-order valence-corrected chi connectivity index (χ4v) is 2.64. The molecular formula is C13H17F3N2O2. The largest absolute Gasteiger partial charge is 0.454 e. The highest BCUT2D eigenvalue weighted by Gasteiger charge is 2.37. The monoisotopic (exact) mass is 290 g/mol. The van der Waals surface area contributed by atoms with Gasteiger partial charge in [0.15, 0.2) is 0 Å². The summed E-state index contributed by atoms with van der Waals surface area (Å²) in [5, 5.41) is 0. The summed E-state index contributed by atoms with van der Waals surface area (Å²) in [6, 6.07) is -0.426. The number of allylic oxidation sites excluding steroid dienone is 1. The Morgan fingerprint density at radius 1 is 1.05 bits per heavy atom. The molecule has 1 amide bonds. The molecule has 0 N–H and O–H groups in total. The molecule has 4 nitrogen and oxygen atoms in total. The number of nitrogens with zero attached hydrogens (tertiary/aromatic N) is 2. The lowest BCUT2D eigenvalue weighted by atomic mass is 10.2. The van der Waals surface area contributed by atoms with Crippen molar-refractivity contribution in [1.82, 2.24) is 9.80 Å². The Labute approximate surface area is 115 Å². The van der Waals surface area contributed by atoms with Crippen LogP contribution in [0.1, 0.15) is 25.7 Å². The highest BCUT2D eigenvalue weighted by Crippen LogP contribution is 2.23. The zero-order valence-electron chi connectivity index (χ0n) is 11.0. The second kappa shape index (κ2) is 5.85. The zero-order valence-corrected chi connectivity index (χ0v) is 11.0. The van der Waals surface area contributed by atoms with Crippen molar-refractivity contribution in [3.8, 4) is 0 Å². The van der Waals surface area contributed by atoms with E-state index in [1.807, 2.05) is 0 Å². The van der Waals surface area contributed by atoms with Crippen LogP contribution in [-0.2, 0) is 9.59 Å². The molecule has 0 unspecified atom stereocenters. The lowest BCUT2D eigenvalue weighted by Gasteiger charge is -2.26. The summed E-state index contributed by atoms with van der Waals surface area (Å²) >= 11 is 0. The van der Waals surface area contributed by atoms with E-state index in [1.165, 1.54) is 0 Å². The molecule has 2 aliphatic heterocycles. The van der Waals surface area contributed by atoms with E-state index in [0.717, 1.165) is 25.5 Å². The minimum absolute atomic E-state index is 0.0379. The van der Waals surface area contributed by atoms with Crippen molar-refractivity contribution in [3.63, 3.8) is 0 Å². The number of hydrogen-bond donors (Lipinski definition) is 0. The molecule has 2 aliphatic rings. The summed E-state index contributed by atoms with van der Waals surface area (Å²) in [7, 11) is 0. The van der Waals surface area contributed by atoms with E-state index in [-0.39, 0.29) is 5.91 Å². The number of likely N-dealkylation sites (tertiary alicyclic amines) is 2. The van der Waals surface area contributed by atoms with Crippen molar-refractivity contribution in [2.75, 3.05) is 19.6 Å². The number of carbonyl (C=O) groups is 2. The third-order valence-corrected chi connectivity index (χ3v) is 3.69. The molecule has 0 radical (unpaired) electrons. The van der Waals surface area contributed by atoms with E-state index in [1.54, 1.807) is 9.80 Å². The molecule has 20 heavy (non-hydrogen) atoms. The maximum atomic E-state index is 12.2. The lowest BCUT2D eigenvalue weighted by molar-refractivity contribution is -0.165. The summed E-state index contributed by atoms with van der Waals surface area (Å²) in [6.45, 7) is 1.94. The van der Waals surface area contributed by atoms with Crippen molar-refractivity contribution in [2.45, 2.75) is 37.9 Å². The molecule has 2 saturated heterocycles. The first-order valence-electron chi connectivity index (χ1n) is 6.73. The van der Waals surface area contributed by atoms with Crippen LogP contribution in [-0.4, -0.2) is 53.3 Å². The van der Waals surface area contributed by atoms with Crippen LogP contribution in [0.25, 0.3) is 0 Å². The highest BCUT2D eigenvalue weighted by molar-refractivity contribution is 5.94. The smallest absolute Gasteiger partial charge is 0.365 e. The van der Waals surface area contributed by atoms with Crippen molar-refractivity contribution in [3.05, 3.63) is 12.3 Å². The van der Waals surface area contributed by atoms with Gasteiger partial charge >= 0.3 is 6.18 Å². The van der Waals surface area contributed by atoms with Crippen LogP contribution in [0.4, 0.5) is 13.2 Å². The maximum Gasteiger partial charge on any atom is 0.454 e. The Kier molecular flexibility index (Phi) is 4.35. The van der Waals surface area contributed by atoms with Gasteiger partial charge in [-0.15, -0.1) is 0 Å². The first-order valence-corrected chi connectivity index (χ1v) is 6.73. The second-order valence-electron chi connectivity index (χ2n) is 5.11. The van der Waals surface area contributed by atoms with Gasteiger partial charge in [-0.05, 0) is 25.7 Å². The van der Waals surface area contributed by atoms with Crippen LogP contribution in [0.15, 0.2) is 12.3 Å². The molecule has 0 saturated carbocycles. The van der Waals surface area contributed by atoms with Crippen molar-refractivity contribution >= 4 is 11.7 Å². The van der Waals surface area contributed by atoms with Crippen LogP contribution in [0.3, 0.4) is 0 Å². The number of rotatable bonds is 3. The number of hydrogen-bond acceptors (Lipinski definition) is 3. The Hall–Kier alpha value is -1.53. The first-order chi connectivity index (χ1) is 9.39. The Bertz CT molecular complexity index is 414. The summed E-state index contributed by atoms with van der Waals surface area (Å²) in [6.07, 6.45) is 0.0815. The first kappa shape index (κ1) is 14.9. The van der Waals surface area contributed by atoms with Gasteiger partial charge < -0.3 is 9.80 Å². The summed E-state index contributed by atoms with van der Waals surface area (Å²) in [5.41, 5.74) is 0. The fourth-order valence-electron chi connectivity index (χ4n) is 2.64. The number of amides is 1. The van der Waals surface area contributed by atoms with Gasteiger partial charge in [0.05, 0.1) is 0 Å². The van der Waals surface area contributed by atoms with Gasteiger partial charge in [0.2, 0.25) is 5.91 Å². The van der Waals surface area contributed by atoms with Gasteiger partial charge in [-0.25, -0.2) is 0 Å². The molecule has 0 bridgehead atoms. The topological polar surface area (TPSA) is 40.6 Å². The minimum Gasteiger partial charge on any atom is -0.365 e. The number of alkyl halides is 3. The summed E-state index contributed by atoms with van der Waals surface area (Å²) in [4.78, 5) is 26.4. The highest BCUT2D eigenvalue weighted by atomic mass is 19.4. The zero-order chi connectivity index (χ0) is 14.8. The average Bonchev–Trinajstić information content (AvgIpc) is 3.04. The fraction of sp³-hybridized carbons (Fsp3) is 0.692. The molecule has 1 atom stereocenters. The lowest BCUT2D eigenvalue weighted by Crippen LogP contribution is -2.42. The minimum atomic E-state index is -4.86. The standard InChI is InChI=1S/C13H17F3N2O2/c14-13(15,16)11(19)5-9-17-8-3-4-10(17)12(20)18-6-1-2-7-18/h5,9-10H,1-4,6-8H2/b9-5+/t10-/m0/s1. The van der Waals surface area contributed by atoms with Gasteiger partial charge in [0, 0.05) is 31.9 Å². The second-order valence-corrected chi connectivity index (χ2v) is 5.11. The van der Waals surface area contributed by atoms with Crippen LogP contribution >= 0.6 is 0 Å². The molecular weight excluding hydrogens is 273 g/mol. The van der Waals surface area contributed by atoms with E-state index in [9.17, 15) is 22.8 Å². The van der Waals surface area contributed by atoms with E-state index in [2.05, 4.69) is 0 Å². The third-order valence-electron chi connectivity index (χ3n) is 3.69.